The second kappa shape index (κ2) is 7.58. The third-order valence-electron chi connectivity index (χ3n) is 5.32. The lowest BCUT2D eigenvalue weighted by Crippen LogP contribution is -2.42. The number of anilines is 1. The maximum absolute atomic E-state index is 12.9. The molecule has 2 aliphatic rings. The normalized spacial score (nSPS) is 17.4. The summed E-state index contributed by atoms with van der Waals surface area (Å²) in [6.45, 7) is 1.40. The number of fused-ring (bicyclic) bond motifs is 1. The zero-order valence-corrected chi connectivity index (χ0v) is 16.3. The predicted octanol–water partition coefficient (Wildman–Crippen LogP) is 2.32. The number of amides is 3. The molecular weight excluding hydrogens is 388 g/mol. The number of carbonyl (C=O) groups excluding carboxylic acids is 3. The Balaban J connectivity index is 1.44. The molecular formula is C21H20N4O5. The van der Waals surface area contributed by atoms with Gasteiger partial charge in [-0.3, -0.25) is 24.5 Å². The van der Waals surface area contributed by atoms with E-state index in [1.807, 2.05) is 0 Å². The molecule has 2 N–H and O–H groups in total. The number of hydrogen-bond acceptors (Lipinski definition) is 5. The monoisotopic (exact) mass is 408 g/mol. The molecule has 3 amide bonds. The zero-order valence-electron chi connectivity index (χ0n) is 16.3. The van der Waals surface area contributed by atoms with E-state index in [0.717, 1.165) is 12.8 Å². The average Bonchev–Trinajstić information content (AvgIpc) is 3.52. The first-order chi connectivity index (χ1) is 14.4. The van der Waals surface area contributed by atoms with Crippen LogP contribution >= 0.6 is 0 Å². The van der Waals surface area contributed by atoms with Crippen LogP contribution in [0.3, 0.4) is 0 Å². The molecule has 0 aromatic heterocycles. The smallest absolute Gasteiger partial charge is 0.271 e. The second-order valence-electron chi connectivity index (χ2n) is 7.46. The summed E-state index contributed by atoms with van der Waals surface area (Å²) in [6.07, 6.45) is 1.71. The van der Waals surface area contributed by atoms with Crippen molar-refractivity contribution in [3.63, 3.8) is 0 Å². The Morgan fingerprint density at radius 1 is 1.20 bits per heavy atom. The van der Waals surface area contributed by atoms with Gasteiger partial charge in [-0.25, -0.2) is 0 Å². The van der Waals surface area contributed by atoms with E-state index in [2.05, 4.69) is 10.6 Å². The minimum atomic E-state index is -0.756. The van der Waals surface area contributed by atoms with Gasteiger partial charge in [-0.15, -0.1) is 0 Å². The largest absolute Gasteiger partial charge is 0.345 e. The molecule has 1 atom stereocenters. The first kappa shape index (κ1) is 19.6. The molecule has 0 bridgehead atoms. The van der Waals surface area contributed by atoms with Crippen LogP contribution in [0.25, 0.3) is 0 Å². The standard InChI is InChI=1S/C21H20N4O5/c1-12-6-7-14(25(29)30)10-17(12)23-18(26)11-22-20(27)19-15-4-2-3-5-16(15)21(28)24(19)13-8-9-13/h2-7,10,13,19H,8-9,11H2,1H3,(H,22,27)(H,23,26). The van der Waals surface area contributed by atoms with E-state index < -0.39 is 22.8 Å². The highest BCUT2D eigenvalue weighted by atomic mass is 16.6. The summed E-state index contributed by atoms with van der Waals surface area (Å²) in [7, 11) is 0. The van der Waals surface area contributed by atoms with E-state index in [4.69, 9.17) is 0 Å². The van der Waals surface area contributed by atoms with Crippen LogP contribution in [0.15, 0.2) is 42.5 Å². The van der Waals surface area contributed by atoms with E-state index >= 15 is 0 Å². The molecule has 2 aromatic carbocycles. The van der Waals surface area contributed by atoms with E-state index in [1.54, 1.807) is 42.2 Å². The first-order valence-corrected chi connectivity index (χ1v) is 9.61. The number of benzene rings is 2. The summed E-state index contributed by atoms with van der Waals surface area (Å²) in [5, 5.41) is 16.1. The minimum Gasteiger partial charge on any atom is -0.345 e. The van der Waals surface area contributed by atoms with Crippen molar-refractivity contribution in [2.75, 3.05) is 11.9 Å². The quantitative estimate of drug-likeness (QED) is 0.561. The summed E-state index contributed by atoms with van der Waals surface area (Å²) in [4.78, 5) is 49.9. The molecule has 1 aliphatic heterocycles. The lowest BCUT2D eigenvalue weighted by molar-refractivity contribution is -0.384. The lowest BCUT2D eigenvalue weighted by Gasteiger charge is -2.24. The van der Waals surface area contributed by atoms with Crippen molar-refractivity contribution in [3.05, 3.63) is 69.3 Å². The van der Waals surface area contributed by atoms with E-state index in [9.17, 15) is 24.5 Å². The van der Waals surface area contributed by atoms with Crippen LogP contribution in [0.5, 0.6) is 0 Å². The molecule has 1 heterocycles. The van der Waals surface area contributed by atoms with Crippen LogP contribution in [0, 0.1) is 17.0 Å². The highest BCUT2D eigenvalue weighted by Crippen LogP contribution is 2.41. The fourth-order valence-corrected chi connectivity index (χ4v) is 3.65. The summed E-state index contributed by atoms with van der Waals surface area (Å²) in [5.41, 5.74) is 1.99. The molecule has 1 saturated carbocycles. The van der Waals surface area contributed by atoms with Crippen molar-refractivity contribution in [2.24, 2.45) is 0 Å². The third kappa shape index (κ3) is 3.61. The van der Waals surface area contributed by atoms with Gasteiger partial charge in [-0.2, -0.15) is 0 Å². The molecule has 0 saturated heterocycles. The Morgan fingerprint density at radius 2 is 1.93 bits per heavy atom. The summed E-state index contributed by atoms with van der Waals surface area (Å²) in [5.74, 6) is -1.10. The molecule has 4 rings (SSSR count). The number of aryl methyl sites for hydroxylation is 1. The zero-order chi connectivity index (χ0) is 21.4. The molecule has 9 nitrogen and oxygen atoms in total. The number of rotatable bonds is 6. The number of hydrogen-bond donors (Lipinski definition) is 2. The SMILES string of the molecule is Cc1ccc([N+](=O)[O-])cc1NC(=O)CNC(=O)C1c2ccccc2C(=O)N1C1CC1. The number of nitrogens with one attached hydrogen (secondary N) is 2. The van der Waals surface area contributed by atoms with Gasteiger partial charge in [0.25, 0.3) is 11.6 Å². The number of nitro benzene ring substituents is 1. The highest BCUT2D eigenvalue weighted by molar-refractivity contribution is 6.05. The molecule has 0 radical (unpaired) electrons. The van der Waals surface area contributed by atoms with Crippen LogP contribution in [-0.4, -0.2) is 40.1 Å². The molecule has 154 valence electrons. The van der Waals surface area contributed by atoms with Crippen LogP contribution in [0.4, 0.5) is 11.4 Å². The Morgan fingerprint density at radius 3 is 2.63 bits per heavy atom. The maximum Gasteiger partial charge on any atom is 0.271 e. The van der Waals surface area contributed by atoms with Gasteiger partial charge in [0.1, 0.15) is 6.04 Å². The number of non-ortho nitro benzene ring substituents is 1. The highest BCUT2D eigenvalue weighted by Gasteiger charge is 2.47. The van der Waals surface area contributed by atoms with Crippen LogP contribution in [-0.2, 0) is 9.59 Å². The Hall–Kier alpha value is -3.75. The lowest BCUT2D eigenvalue weighted by atomic mass is 10.0. The van der Waals surface area contributed by atoms with E-state index in [-0.39, 0.29) is 24.2 Å². The van der Waals surface area contributed by atoms with Gasteiger partial charge < -0.3 is 15.5 Å². The van der Waals surface area contributed by atoms with Crippen molar-refractivity contribution >= 4 is 29.1 Å². The van der Waals surface area contributed by atoms with E-state index in [0.29, 0.717) is 22.4 Å². The maximum atomic E-state index is 12.9. The van der Waals surface area contributed by atoms with Gasteiger partial charge in [-0.1, -0.05) is 24.3 Å². The summed E-state index contributed by atoms with van der Waals surface area (Å²) >= 11 is 0. The molecule has 30 heavy (non-hydrogen) atoms. The Labute approximate surface area is 172 Å². The van der Waals surface area contributed by atoms with Gasteiger partial charge >= 0.3 is 0 Å². The van der Waals surface area contributed by atoms with Crippen molar-refractivity contribution in [2.45, 2.75) is 31.8 Å². The van der Waals surface area contributed by atoms with E-state index in [1.165, 1.54) is 12.1 Å². The van der Waals surface area contributed by atoms with Crippen LogP contribution in [0.1, 0.15) is 40.4 Å². The van der Waals surface area contributed by atoms with Crippen molar-refractivity contribution < 1.29 is 19.3 Å². The van der Waals surface area contributed by atoms with Crippen LogP contribution < -0.4 is 10.6 Å². The van der Waals surface area contributed by atoms with Crippen molar-refractivity contribution in [1.29, 1.82) is 0 Å². The molecule has 1 aliphatic carbocycles. The van der Waals surface area contributed by atoms with Gasteiger partial charge in [-0.05, 0) is 37.0 Å². The number of nitro groups is 1. The molecule has 1 unspecified atom stereocenters. The third-order valence-corrected chi connectivity index (χ3v) is 5.32. The number of carbonyl (C=O) groups is 3. The molecule has 1 fully saturated rings. The van der Waals surface area contributed by atoms with Gasteiger partial charge in [0.15, 0.2) is 0 Å². The molecule has 0 spiro atoms. The predicted molar refractivity (Wildman–Crippen MR) is 108 cm³/mol. The summed E-state index contributed by atoms with van der Waals surface area (Å²) in [6, 6.07) is 10.5. The second-order valence-corrected chi connectivity index (χ2v) is 7.46. The fraction of sp³-hybridized carbons (Fsp3) is 0.286. The molecule has 9 heteroatoms. The first-order valence-electron chi connectivity index (χ1n) is 9.61. The average molecular weight is 408 g/mol. The Kier molecular flexibility index (Phi) is 4.94. The fourth-order valence-electron chi connectivity index (χ4n) is 3.65. The summed E-state index contributed by atoms with van der Waals surface area (Å²) < 4.78 is 0. The number of nitrogens with zero attached hydrogens (tertiary/aromatic N) is 2. The van der Waals surface area contributed by atoms with Crippen LogP contribution in [0.2, 0.25) is 0 Å². The molecule has 2 aromatic rings. The van der Waals surface area contributed by atoms with Crippen molar-refractivity contribution in [1.82, 2.24) is 10.2 Å². The van der Waals surface area contributed by atoms with Crippen molar-refractivity contribution in [3.8, 4) is 0 Å². The Bertz CT molecular complexity index is 1060. The van der Waals surface area contributed by atoms with Gasteiger partial charge in [0.2, 0.25) is 11.8 Å². The van der Waals surface area contributed by atoms with Gasteiger partial charge in [0.05, 0.1) is 17.2 Å². The van der Waals surface area contributed by atoms with Gasteiger partial charge in [0, 0.05) is 23.7 Å². The topological polar surface area (TPSA) is 122 Å². The minimum absolute atomic E-state index is 0.0435.